The van der Waals surface area contributed by atoms with Crippen LogP contribution in [0, 0.1) is 0 Å². The summed E-state index contributed by atoms with van der Waals surface area (Å²) in [6.45, 7) is 2.27. The summed E-state index contributed by atoms with van der Waals surface area (Å²) in [5.41, 5.74) is 12.4. The maximum atomic E-state index is 5.58. The van der Waals surface area contributed by atoms with Gasteiger partial charge in [0.2, 0.25) is 0 Å². The van der Waals surface area contributed by atoms with Gasteiger partial charge >= 0.3 is 0 Å². The molecule has 0 spiro atoms. The Bertz CT molecular complexity index is 512. The molecule has 1 fully saturated rings. The number of rotatable bonds is 4. The third-order valence-electron chi connectivity index (χ3n) is 3.28. The third kappa shape index (κ3) is 7.90. The van der Waals surface area contributed by atoms with Crippen LogP contribution in [0.15, 0.2) is 47.4 Å². The molecule has 2 rings (SSSR count). The highest BCUT2D eigenvalue weighted by Gasteiger charge is 2.10. The summed E-state index contributed by atoms with van der Waals surface area (Å²) in [5, 5.41) is 2.84. The molecule has 1 aliphatic rings. The summed E-state index contributed by atoms with van der Waals surface area (Å²) in [6.07, 6.45) is 12.6. The zero-order valence-corrected chi connectivity index (χ0v) is 14.1. The summed E-state index contributed by atoms with van der Waals surface area (Å²) < 4.78 is 0. The van der Waals surface area contributed by atoms with E-state index in [1.54, 1.807) is 31.7 Å². The lowest BCUT2D eigenvalue weighted by Crippen LogP contribution is -2.29. The van der Waals surface area contributed by atoms with E-state index in [4.69, 9.17) is 11.5 Å². The van der Waals surface area contributed by atoms with E-state index in [1.807, 2.05) is 25.3 Å². The Labute approximate surface area is 139 Å². The molecule has 126 valence electrons. The van der Waals surface area contributed by atoms with Gasteiger partial charge in [0.25, 0.3) is 0 Å². The molecule has 0 unspecified atom stereocenters. The second kappa shape index (κ2) is 11.1. The molecule has 5 N–H and O–H groups in total. The van der Waals surface area contributed by atoms with Gasteiger partial charge in [0.05, 0.1) is 11.9 Å². The highest BCUT2D eigenvalue weighted by Crippen LogP contribution is 2.17. The lowest BCUT2D eigenvalue weighted by Gasteiger charge is -2.27. The number of nitrogens with one attached hydrogen (secondary N) is 1. The molecule has 0 aromatic carbocycles. The van der Waals surface area contributed by atoms with E-state index in [-0.39, 0.29) is 0 Å². The summed E-state index contributed by atoms with van der Waals surface area (Å²) in [4.78, 5) is 10.4. The van der Waals surface area contributed by atoms with Crippen molar-refractivity contribution in [3.05, 3.63) is 42.4 Å². The first kappa shape index (κ1) is 18.5. The van der Waals surface area contributed by atoms with E-state index in [2.05, 4.69) is 20.2 Å². The molecule has 0 bridgehead atoms. The van der Waals surface area contributed by atoms with Gasteiger partial charge in [0.1, 0.15) is 5.82 Å². The van der Waals surface area contributed by atoms with Crippen LogP contribution in [0.2, 0.25) is 0 Å². The molecule has 1 aliphatic heterocycles. The van der Waals surface area contributed by atoms with Crippen LogP contribution in [-0.4, -0.2) is 38.4 Å². The van der Waals surface area contributed by atoms with E-state index < -0.39 is 0 Å². The van der Waals surface area contributed by atoms with E-state index in [1.165, 1.54) is 19.3 Å². The highest BCUT2D eigenvalue weighted by atomic mass is 15.2. The molecule has 6 heteroatoms. The van der Waals surface area contributed by atoms with Gasteiger partial charge in [0.15, 0.2) is 0 Å². The van der Waals surface area contributed by atoms with Crippen molar-refractivity contribution in [3.8, 4) is 0 Å². The Morgan fingerprint density at radius 1 is 1.30 bits per heavy atom. The number of nitrogens with two attached hydrogens (primary N) is 2. The van der Waals surface area contributed by atoms with Crippen LogP contribution >= 0.6 is 0 Å². The Hall–Kier alpha value is -2.50. The van der Waals surface area contributed by atoms with Crippen LogP contribution in [-0.2, 0) is 0 Å². The van der Waals surface area contributed by atoms with E-state index >= 15 is 0 Å². The van der Waals surface area contributed by atoms with Crippen molar-refractivity contribution in [1.82, 2.24) is 10.3 Å². The second-order valence-corrected chi connectivity index (χ2v) is 5.20. The predicted molar refractivity (Wildman–Crippen MR) is 99.6 cm³/mol. The Morgan fingerprint density at radius 3 is 2.61 bits per heavy atom. The number of aliphatic imine (C=N–C) groups is 1. The average Bonchev–Trinajstić information content (AvgIpc) is 2.57. The van der Waals surface area contributed by atoms with Gasteiger partial charge in [-0.3, -0.25) is 4.99 Å². The van der Waals surface area contributed by atoms with Crippen LogP contribution in [0.4, 0.5) is 11.5 Å². The maximum Gasteiger partial charge on any atom is 0.128 e. The fraction of sp³-hybridized carbons (Fsp3) is 0.412. The fourth-order valence-corrected chi connectivity index (χ4v) is 2.16. The molecular weight excluding hydrogens is 288 g/mol. The van der Waals surface area contributed by atoms with Crippen molar-refractivity contribution in [3.63, 3.8) is 0 Å². The van der Waals surface area contributed by atoms with E-state index in [0.29, 0.717) is 5.70 Å². The van der Waals surface area contributed by atoms with Gasteiger partial charge in [-0.1, -0.05) is 0 Å². The molecule has 0 aliphatic carbocycles. The molecule has 0 radical (unpaired) electrons. The Balaban J connectivity index is 0.000000241. The first-order valence-corrected chi connectivity index (χ1v) is 7.85. The van der Waals surface area contributed by atoms with Crippen LogP contribution in [0.3, 0.4) is 0 Å². The number of hydrogen-bond donors (Lipinski definition) is 3. The molecule has 1 saturated heterocycles. The third-order valence-corrected chi connectivity index (χ3v) is 3.28. The highest BCUT2D eigenvalue weighted by molar-refractivity contribution is 5.77. The summed E-state index contributed by atoms with van der Waals surface area (Å²) in [7, 11) is 3.51. The maximum absolute atomic E-state index is 5.58. The lowest BCUT2D eigenvalue weighted by molar-refractivity contribution is 0.573. The fourth-order valence-electron chi connectivity index (χ4n) is 2.16. The SMILES string of the molecule is CN=C/C(N)=C\C=C/NC.Nc1ccc(N2CCCCC2)nc1. The van der Waals surface area contributed by atoms with Gasteiger partial charge in [-0.25, -0.2) is 4.98 Å². The van der Waals surface area contributed by atoms with Crippen molar-refractivity contribution in [2.45, 2.75) is 19.3 Å². The molecule has 23 heavy (non-hydrogen) atoms. The summed E-state index contributed by atoms with van der Waals surface area (Å²) in [6, 6.07) is 3.91. The zero-order valence-electron chi connectivity index (χ0n) is 14.1. The summed E-state index contributed by atoms with van der Waals surface area (Å²) in [5.74, 6) is 1.06. The van der Waals surface area contributed by atoms with Gasteiger partial charge < -0.3 is 21.7 Å². The largest absolute Gasteiger partial charge is 0.397 e. The topological polar surface area (TPSA) is 92.6 Å². The van der Waals surface area contributed by atoms with Crippen molar-refractivity contribution in [1.29, 1.82) is 0 Å². The van der Waals surface area contributed by atoms with E-state index in [0.717, 1.165) is 24.6 Å². The van der Waals surface area contributed by atoms with Crippen LogP contribution in [0.1, 0.15) is 19.3 Å². The molecule has 2 heterocycles. The monoisotopic (exact) mass is 316 g/mol. The number of nitrogen functional groups attached to an aromatic ring is 1. The number of allylic oxidation sites excluding steroid dienone is 3. The van der Waals surface area contributed by atoms with Crippen molar-refractivity contribution in [2.24, 2.45) is 10.7 Å². The number of aromatic nitrogens is 1. The summed E-state index contributed by atoms with van der Waals surface area (Å²) >= 11 is 0. The number of hydrogen-bond acceptors (Lipinski definition) is 6. The number of piperidine rings is 1. The molecule has 1 aromatic heterocycles. The van der Waals surface area contributed by atoms with Crippen LogP contribution < -0.4 is 21.7 Å². The van der Waals surface area contributed by atoms with Gasteiger partial charge in [-0.15, -0.1) is 0 Å². The number of nitrogens with zero attached hydrogens (tertiary/aromatic N) is 3. The molecule has 6 nitrogen and oxygen atoms in total. The van der Waals surface area contributed by atoms with Crippen LogP contribution in [0.25, 0.3) is 0 Å². The number of anilines is 2. The van der Waals surface area contributed by atoms with E-state index in [9.17, 15) is 0 Å². The minimum atomic E-state index is 0.647. The Kier molecular flexibility index (Phi) is 8.97. The lowest BCUT2D eigenvalue weighted by atomic mass is 10.1. The molecule has 0 saturated carbocycles. The minimum absolute atomic E-state index is 0.647. The molecule has 1 aromatic rings. The van der Waals surface area contributed by atoms with Crippen LogP contribution in [0.5, 0.6) is 0 Å². The first-order chi connectivity index (χ1) is 11.2. The number of pyridine rings is 1. The average molecular weight is 316 g/mol. The van der Waals surface area contributed by atoms with Gasteiger partial charge in [-0.2, -0.15) is 0 Å². The minimum Gasteiger partial charge on any atom is -0.397 e. The normalized spacial score (nSPS) is 15.6. The smallest absolute Gasteiger partial charge is 0.128 e. The Morgan fingerprint density at radius 2 is 2.04 bits per heavy atom. The van der Waals surface area contributed by atoms with Crippen molar-refractivity contribution in [2.75, 3.05) is 37.8 Å². The molecular formula is C17H28N6. The zero-order chi connectivity index (χ0) is 16.9. The van der Waals surface area contributed by atoms with Crippen molar-refractivity contribution < 1.29 is 0 Å². The standard InChI is InChI=1S/C10H15N3.C7H13N3/c11-9-4-5-10(12-8-9)13-6-2-1-3-7-13;1-9-5-3-4-7(8)6-10-2/h4-5,8H,1-3,6-7,11H2;3-6,9H,8H2,1-2H3/b;5-3-,7-4+,10-6?. The predicted octanol–water partition coefficient (Wildman–Crippen LogP) is 1.92. The van der Waals surface area contributed by atoms with Gasteiger partial charge in [-0.05, 0) is 49.7 Å². The molecule has 0 amide bonds. The van der Waals surface area contributed by atoms with Crippen molar-refractivity contribution >= 4 is 17.7 Å². The second-order valence-electron chi connectivity index (χ2n) is 5.20. The first-order valence-electron chi connectivity index (χ1n) is 7.85. The van der Waals surface area contributed by atoms with Gasteiger partial charge in [0, 0.05) is 39.1 Å². The quantitative estimate of drug-likeness (QED) is 0.583. The molecule has 0 atom stereocenters.